The smallest absolute Gasteiger partial charge is 0.423 e. The van der Waals surface area contributed by atoms with Gasteiger partial charge in [0, 0.05) is 39.4 Å². The van der Waals surface area contributed by atoms with E-state index in [9.17, 15) is 18.0 Å². The standard InChI is InChI=1S/C26H26F3N7O2/c1-34-10-12-36(13-11-34)16-6-7-20(30-14-16)32-24-31-15-18(26(27,28)29)22(33-24)38-19-5-3-4-17-21(19)23(37)35(2)25(17)8-9-25/h3-7,14-15H,8-13H2,1-2H3,(H,30,31,32,33). The summed E-state index contributed by atoms with van der Waals surface area (Å²) in [5.74, 6) is -0.666. The van der Waals surface area contributed by atoms with Gasteiger partial charge in [0.15, 0.2) is 0 Å². The molecule has 1 amide bonds. The summed E-state index contributed by atoms with van der Waals surface area (Å²) in [6, 6.07) is 8.61. The van der Waals surface area contributed by atoms with Crippen LogP contribution in [0.25, 0.3) is 0 Å². The first-order chi connectivity index (χ1) is 18.2. The highest BCUT2D eigenvalue weighted by molar-refractivity contribution is 6.03. The molecular weight excluding hydrogens is 499 g/mol. The molecule has 2 aliphatic heterocycles. The number of piperazine rings is 1. The minimum absolute atomic E-state index is 0.0351. The zero-order valence-electron chi connectivity index (χ0n) is 20.9. The highest BCUT2D eigenvalue weighted by Gasteiger charge is 2.57. The van der Waals surface area contributed by atoms with Crippen LogP contribution in [0.3, 0.4) is 0 Å². The SMILES string of the molecule is CN1CCN(c2ccc(Nc3ncc(C(F)(F)F)c(Oc4cccc5c4C(=O)N(C)C54CC4)n3)nc2)CC1. The van der Waals surface area contributed by atoms with E-state index in [0.717, 1.165) is 50.3 Å². The molecule has 38 heavy (non-hydrogen) atoms. The number of hydrogen-bond acceptors (Lipinski definition) is 8. The number of carbonyl (C=O) groups is 1. The average molecular weight is 526 g/mol. The molecule has 6 rings (SSSR count). The topological polar surface area (TPSA) is 86.7 Å². The highest BCUT2D eigenvalue weighted by atomic mass is 19.4. The van der Waals surface area contributed by atoms with E-state index >= 15 is 0 Å². The summed E-state index contributed by atoms with van der Waals surface area (Å²) in [7, 11) is 3.78. The number of likely N-dealkylation sites (N-methyl/N-ethyl adjacent to an activating group) is 1. The number of fused-ring (bicyclic) bond motifs is 2. The predicted molar refractivity (Wildman–Crippen MR) is 134 cm³/mol. The molecule has 2 fully saturated rings. The number of nitrogens with one attached hydrogen (secondary N) is 1. The number of pyridine rings is 1. The molecule has 12 heteroatoms. The number of rotatable bonds is 5. The maximum Gasteiger partial charge on any atom is 0.423 e. The van der Waals surface area contributed by atoms with Crippen molar-refractivity contribution in [3.8, 4) is 11.6 Å². The van der Waals surface area contributed by atoms with Crippen LogP contribution < -0.4 is 15.0 Å². The number of carbonyl (C=O) groups excluding carboxylic acids is 1. The van der Waals surface area contributed by atoms with Crippen molar-refractivity contribution in [3.05, 3.63) is 59.4 Å². The van der Waals surface area contributed by atoms with Crippen LogP contribution in [-0.4, -0.2) is 70.9 Å². The molecule has 4 heterocycles. The minimum Gasteiger partial charge on any atom is -0.437 e. The Hall–Kier alpha value is -3.93. The predicted octanol–water partition coefficient (Wildman–Crippen LogP) is 4.25. The van der Waals surface area contributed by atoms with Crippen LogP contribution in [0.1, 0.15) is 34.3 Å². The molecule has 0 radical (unpaired) electrons. The Kier molecular flexibility index (Phi) is 5.67. The van der Waals surface area contributed by atoms with Gasteiger partial charge in [-0.05, 0) is 43.7 Å². The van der Waals surface area contributed by atoms with Crippen LogP contribution in [0, 0.1) is 0 Å². The average Bonchev–Trinajstić information content (AvgIpc) is 3.67. The summed E-state index contributed by atoms with van der Waals surface area (Å²) in [6.45, 7) is 3.68. The number of ether oxygens (including phenoxy) is 1. The Bertz CT molecular complexity index is 1380. The number of benzene rings is 1. The Balaban J connectivity index is 1.27. The molecule has 3 aromatic rings. The highest BCUT2D eigenvalue weighted by Crippen LogP contribution is 2.57. The maximum absolute atomic E-state index is 13.8. The van der Waals surface area contributed by atoms with Crippen molar-refractivity contribution in [3.63, 3.8) is 0 Å². The lowest BCUT2D eigenvalue weighted by atomic mass is 10.0. The first-order valence-corrected chi connectivity index (χ1v) is 12.4. The van der Waals surface area contributed by atoms with Gasteiger partial charge in [-0.15, -0.1) is 0 Å². The van der Waals surface area contributed by atoms with Crippen LogP contribution >= 0.6 is 0 Å². The van der Waals surface area contributed by atoms with Crippen LogP contribution in [0.15, 0.2) is 42.7 Å². The minimum atomic E-state index is -4.76. The Morgan fingerprint density at radius 1 is 1.00 bits per heavy atom. The van der Waals surface area contributed by atoms with Crippen LogP contribution in [0.5, 0.6) is 11.6 Å². The molecule has 0 unspecified atom stereocenters. The summed E-state index contributed by atoms with van der Waals surface area (Å²) in [6.07, 6.45) is -0.767. The van der Waals surface area contributed by atoms with Crippen molar-refractivity contribution in [2.24, 2.45) is 0 Å². The molecule has 2 aromatic heterocycles. The van der Waals surface area contributed by atoms with Gasteiger partial charge >= 0.3 is 6.18 Å². The third kappa shape index (κ3) is 4.18. The molecule has 198 valence electrons. The molecule has 1 N–H and O–H groups in total. The molecular formula is C26H26F3N7O2. The molecule has 0 atom stereocenters. The first-order valence-electron chi connectivity index (χ1n) is 12.4. The number of alkyl halides is 3. The van der Waals surface area contributed by atoms with Crippen LogP contribution in [0.2, 0.25) is 0 Å². The molecule has 0 bridgehead atoms. The van der Waals surface area contributed by atoms with Crippen molar-refractivity contribution in [2.45, 2.75) is 24.6 Å². The summed E-state index contributed by atoms with van der Waals surface area (Å²) in [4.78, 5) is 31.3. The van der Waals surface area contributed by atoms with E-state index in [1.165, 1.54) is 6.07 Å². The quantitative estimate of drug-likeness (QED) is 0.529. The molecule has 1 saturated heterocycles. The largest absolute Gasteiger partial charge is 0.437 e. The fraction of sp³-hybridized carbons (Fsp3) is 0.385. The molecule has 9 nitrogen and oxygen atoms in total. The summed E-state index contributed by atoms with van der Waals surface area (Å²) in [5.41, 5.74) is 0.475. The van der Waals surface area contributed by atoms with E-state index in [1.54, 1.807) is 30.3 Å². The summed E-state index contributed by atoms with van der Waals surface area (Å²) >= 11 is 0. The maximum atomic E-state index is 13.8. The van der Waals surface area contributed by atoms with Gasteiger partial charge in [0.25, 0.3) is 5.91 Å². The fourth-order valence-corrected chi connectivity index (χ4v) is 5.12. The summed E-state index contributed by atoms with van der Waals surface area (Å²) < 4.78 is 47.2. The van der Waals surface area contributed by atoms with Crippen molar-refractivity contribution in [1.82, 2.24) is 24.8 Å². The normalized spacial score (nSPS) is 18.6. The van der Waals surface area contributed by atoms with Crippen molar-refractivity contribution >= 4 is 23.4 Å². The number of hydrogen-bond donors (Lipinski definition) is 1. The Morgan fingerprint density at radius 2 is 1.76 bits per heavy atom. The van der Waals surface area contributed by atoms with Gasteiger partial charge < -0.3 is 24.8 Å². The van der Waals surface area contributed by atoms with E-state index in [1.807, 2.05) is 12.1 Å². The third-order valence-electron chi connectivity index (χ3n) is 7.53. The monoisotopic (exact) mass is 525 g/mol. The van der Waals surface area contributed by atoms with Gasteiger partial charge in [-0.3, -0.25) is 4.79 Å². The number of halogens is 3. The van der Waals surface area contributed by atoms with Gasteiger partial charge in [-0.2, -0.15) is 18.2 Å². The second-order valence-electron chi connectivity index (χ2n) is 9.90. The lowest BCUT2D eigenvalue weighted by molar-refractivity contribution is -0.139. The van der Waals surface area contributed by atoms with E-state index in [-0.39, 0.29) is 28.7 Å². The van der Waals surface area contributed by atoms with Gasteiger partial charge in [0.1, 0.15) is 17.1 Å². The zero-order chi connectivity index (χ0) is 26.7. The number of anilines is 3. The van der Waals surface area contributed by atoms with E-state index in [4.69, 9.17) is 4.74 Å². The number of aromatic nitrogens is 3. The third-order valence-corrected chi connectivity index (χ3v) is 7.53. The lowest BCUT2D eigenvalue weighted by Crippen LogP contribution is -2.44. The molecule has 1 aromatic carbocycles. The molecule has 1 saturated carbocycles. The van der Waals surface area contributed by atoms with Crippen molar-refractivity contribution in [1.29, 1.82) is 0 Å². The van der Waals surface area contributed by atoms with E-state index in [2.05, 4.69) is 37.1 Å². The lowest BCUT2D eigenvalue weighted by Gasteiger charge is -2.33. The van der Waals surface area contributed by atoms with Gasteiger partial charge in [-0.1, -0.05) is 12.1 Å². The number of nitrogens with zero attached hydrogens (tertiary/aromatic N) is 6. The van der Waals surface area contributed by atoms with E-state index in [0.29, 0.717) is 12.0 Å². The Labute approximate surface area is 217 Å². The van der Waals surface area contributed by atoms with Crippen molar-refractivity contribution < 1.29 is 22.7 Å². The van der Waals surface area contributed by atoms with Gasteiger partial charge in [0.05, 0.1) is 23.0 Å². The second kappa shape index (κ2) is 8.83. The van der Waals surface area contributed by atoms with Crippen LogP contribution in [-0.2, 0) is 11.7 Å². The van der Waals surface area contributed by atoms with Gasteiger partial charge in [0.2, 0.25) is 11.8 Å². The molecule has 1 spiro atoms. The fourth-order valence-electron chi connectivity index (χ4n) is 5.12. The molecule has 3 aliphatic rings. The first kappa shape index (κ1) is 24.4. The van der Waals surface area contributed by atoms with Gasteiger partial charge in [-0.25, -0.2) is 9.97 Å². The second-order valence-corrected chi connectivity index (χ2v) is 9.90. The molecule has 1 aliphatic carbocycles. The zero-order valence-corrected chi connectivity index (χ0v) is 20.9. The Morgan fingerprint density at radius 3 is 2.42 bits per heavy atom. The van der Waals surface area contributed by atoms with E-state index < -0.39 is 17.6 Å². The summed E-state index contributed by atoms with van der Waals surface area (Å²) in [5, 5.41) is 2.85. The van der Waals surface area contributed by atoms with Crippen LogP contribution in [0.4, 0.5) is 30.6 Å². The van der Waals surface area contributed by atoms with Crippen molar-refractivity contribution in [2.75, 3.05) is 50.5 Å². The number of amides is 1.